The number of sulfonamides is 1. The summed E-state index contributed by atoms with van der Waals surface area (Å²) < 4.78 is 44.3. The van der Waals surface area contributed by atoms with Crippen LogP contribution in [0.3, 0.4) is 0 Å². The summed E-state index contributed by atoms with van der Waals surface area (Å²) in [7, 11) is -3.85. The maximum Gasteiger partial charge on any atom is 0.332 e. The summed E-state index contributed by atoms with van der Waals surface area (Å²) in [6.45, 7) is 1.87. The molecule has 0 saturated heterocycles. The number of fused-ring (bicyclic) bond motifs is 1. The molecule has 5 rings (SSSR count). The van der Waals surface area contributed by atoms with Crippen molar-refractivity contribution in [2.75, 3.05) is 0 Å². The first kappa shape index (κ1) is 20.1. The van der Waals surface area contributed by atoms with Gasteiger partial charge in [-0.2, -0.15) is 0 Å². The number of H-pyrrole nitrogens is 1. The van der Waals surface area contributed by atoms with E-state index < -0.39 is 21.3 Å². The fourth-order valence-corrected chi connectivity index (χ4v) is 6.00. The zero-order chi connectivity index (χ0) is 21.8. The van der Waals surface area contributed by atoms with Crippen LogP contribution in [0.15, 0.2) is 57.7 Å². The number of nitrogens with one attached hydrogen (secondary N) is 2. The van der Waals surface area contributed by atoms with Crippen molar-refractivity contribution in [3.8, 4) is 5.13 Å². The van der Waals surface area contributed by atoms with E-state index in [9.17, 15) is 17.6 Å². The number of benzene rings is 2. The summed E-state index contributed by atoms with van der Waals surface area (Å²) in [6.07, 6.45) is 3.33. The molecule has 2 N–H and O–H groups in total. The lowest BCUT2D eigenvalue weighted by atomic mass is 10.0. The first-order valence-electron chi connectivity index (χ1n) is 9.71. The number of hydrogen-bond acceptors (Lipinski definition) is 5. The smallest absolute Gasteiger partial charge is 0.305 e. The molecule has 0 amide bonds. The average molecular weight is 459 g/mol. The quantitative estimate of drug-likeness (QED) is 0.463. The summed E-state index contributed by atoms with van der Waals surface area (Å²) in [5, 5.41) is 2.18. The van der Waals surface area contributed by atoms with Crippen molar-refractivity contribution in [3.63, 3.8) is 0 Å². The highest BCUT2D eigenvalue weighted by Gasteiger charge is 2.42. The first-order valence-corrected chi connectivity index (χ1v) is 12.1. The Morgan fingerprint density at radius 3 is 2.61 bits per heavy atom. The maximum atomic E-state index is 13.4. The average Bonchev–Trinajstić information content (AvgIpc) is 3.10. The SMILES string of the molecule is CC1(NS(=O)(=O)c2ccc3[nH]c(=O)n(-c4nccs4)c3c2Cc2ccc(F)cc2)CC1. The second-order valence-corrected chi connectivity index (χ2v) is 10.5. The Morgan fingerprint density at radius 2 is 1.97 bits per heavy atom. The highest BCUT2D eigenvalue weighted by Crippen LogP contribution is 2.37. The molecule has 1 aliphatic rings. The van der Waals surface area contributed by atoms with Crippen LogP contribution >= 0.6 is 11.3 Å². The molecule has 2 aromatic heterocycles. The number of imidazole rings is 1. The largest absolute Gasteiger partial charge is 0.332 e. The van der Waals surface area contributed by atoms with E-state index in [1.165, 1.54) is 34.1 Å². The number of thiazole rings is 1. The molecule has 7 nitrogen and oxygen atoms in total. The van der Waals surface area contributed by atoms with Crippen molar-refractivity contribution in [2.24, 2.45) is 0 Å². The predicted octanol–water partition coefficient (Wildman–Crippen LogP) is 3.34. The Balaban J connectivity index is 1.77. The van der Waals surface area contributed by atoms with Crippen LogP contribution in [0, 0.1) is 5.82 Å². The van der Waals surface area contributed by atoms with E-state index >= 15 is 0 Å². The molecule has 10 heteroatoms. The summed E-state index contributed by atoms with van der Waals surface area (Å²) in [5.41, 5.74) is 1.29. The van der Waals surface area contributed by atoms with Gasteiger partial charge >= 0.3 is 5.69 Å². The molecule has 0 atom stereocenters. The van der Waals surface area contributed by atoms with Gasteiger partial charge in [0, 0.05) is 29.1 Å². The van der Waals surface area contributed by atoms with E-state index in [0.29, 0.717) is 21.7 Å². The minimum atomic E-state index is -3.85. The molecule has 0 spiro atoms. The molecule has 31 heavy (non-hydrogen) atoms. The van der Waals surface area contributed by atoms with Crippen molar-refractivity contribution in [2.45, 2.75) is 36.6 Å². The van der Waals surface area contributed by atoms with E-state index in [1.54, 1.807) is 29.8 Å². The number of halogens is 1. The van der Waals surface area contributed by atoms with Crippen LogP contribution in [0.4, 0.5) is 4.39 Å². The highest BCUT2D eigenvalue weighted by atomic mass is 32.2. The molecule has 0 aliphatic heterocycles. The third-order valence-electron chi connectivity index (χ3n) is 5.48. The molecule has 0 radical (unpaired) electrons. The minimum Gasteiger partial charge on any atom is -0.305 e. The summed E-state index contributed by atoms with van der Waals surface area (Å²) in [4.78, 5) is 19.9. The summed E-state index contributed by atoms with van der Waals surface area (Å²) in [6, 6.07) is 8.99. The van der Waals surface area contributed by atoms with E-state index in [1.807, 2.05) is 6.92 Å². The number of aromatic amines is 1. The molecule has 1 saturated carbocycles. The zero-order valence-corrected chi connectivity index (χ0v) is 18.2. The second-order valence-electron chi connectivity index (χ2n) is 7.99. The fourth-order valence-electron chi connectivity index (χ4n) is 3.65. The fraction of sp³-hybridized carbons (Fsp3) is 0.238. The van der Waals surface area contributed by atoms with Crippen LogP contribution in [0.2, 0.25) is 0 Å². The van der Waals surface area contributed by atoms with E-state index in [0.717, 1.165) is 18.4 Å². The van der Waals surface area contributed by atoms with Gasteiger partial charge in [-0.15, -0.1) is 11.3 Å². The van der Waals surface area contributed by atoms with Crippen LogP contribution in [0.5, 0.6) is 0 Å². The van der Waals surface area contributed by atoms with E-state index in [2.05, 4.69) is 14.7 Å². The summed E-state index contributed by atoms with van der Waals surface area (Å²) in [5.74, 6) is -0.375. The van der Waals surface area contributed by atoms with Gasteiger partial charge in [0.25, 0.3) is 0 Å². The number of hydrogen-bond donors (Lipinski definition) is 2. The van der Waals surface area contributed by atoms with Crippen molar-refractivity contribution < 1.29 is 12.8 Å². The maximum absolute atomic E-state index is 13.4. The van der Waals surface area contributed by atoms with Crippen LogP contribution < -0.4 is 10.4 Å². The molecule has 2 aromatic carbocycles. The van der Waals surface area contributed by atoms with Crippen molar-refractivity contribution in [1.82, 2.24) is 19.3 Å². The lowest BCUT2D eigenvalue weighted by Gasteiger charge is -2.17. The van der Waals surface area contributed by atoms with Gasteiger partial charge in [0.2, 0.25) is 10.0 Å². The Morgan fingerprint density at radius 1 is 1.23 bits per heavy atom. The molecular weight excluding hydrogens is 439 g/mol. The molecule has 1 aliphatic carbocycles. The zero-order valence-electron chi connectivity index (χ0n) is 16.6. The standard InChI is InChI=1S/C21H19FN4O3S2/c1-21(8-9-21)25-31(28,29)17-7-6-16-18(15(17)12-13-2-4-14(22)5-3-13)26(19(27)24-16)20-23-10-11-30-20/h2-7,10-11,25H,8-9,12H2,1H3,(H,24,27). The Labute approximate surface area is 181 Å². The Kier molecular flexibility index (Phi) is 4.61. The highest BCUT2D eigenvalue weighted by molar-refractivity contribution is 7.89. The lowest BCUT2D eigenvalue weighted by molar-refractivity contribution is 0.557. The molecule has 4 aromatic rings. The number of rotatable bonds is 6. The van der Waals surface area contributed by atoms with Crippen molar-refractivity contribution in [3.05, 3.63) is 75.4 Å². The van der Waals surface area contributed by atoms with Gasteiger partial charge in [-0.25, -0.2) is 31.9 Å². The van der Waals surface area contributed by atoms with Gasteiger partial charge in [0.05, 0.1) is 15.9 Å². The summed E-state index contributed by atoms with van der Waals surface area (Å²) >= 11 is 1.28. The number of nitrogens with zero attached hydrogens (tertiary/aromatic N) is 2. The van der Waals surface area contributed by atoms with Crippen molar-refractivity contribution in [1.29, 1.82) is 0 Å². The monoisotopic (exact) mass is 458 g/mol. The van der Waals surface area contributed by atoms with Crippen molar-refractivity contribution >= 4 is 32.4 Å². The van der Waals surface area contributed by atoms with E-state index in [-0.39, 0.29) is 17.1 Å². The Hall–Kier alpha value is -2.82. The van der Waals surface area contributed by atoms with Crippen LogP contribution in [-0.2, 0) is 16.4 Å². The Bertz CT molecular complexity index is 1430. The predicted molar refractivity (Wildman–Crippen MR) is 117 cm³/mol. The lowest BCUT2D eigenvalue weighted by Crippen LogP contribution is -2.34. The second kappa shape index (κ2) is 7.11. The molecule has 1 fully saturated rings. The minimum absolute atomic E-state index is 0.0988. The van der Waals surface area contributed by atoms with Crippen LogP contribution in [-0.4, -0.2) is 28.5 Å². The van der Waals surface area contributed by atoms with E-state index in [4.69, 9.17) is 0 Å². The van der Waals surface area contributed by atoms with Gasteiger partial charge in [-0.1, -0.05) is 12.1 Å². The molecule has 0 bridgehead atoms. The molecular formula is C21H19FN4O3S2. The third-order valence-corrected chi connectivity index (χ3v) is 7.96. The van der Waals surface area contributed by atoms with Crippen LogP contribution in [0.1, 0.15) is 30.9 Å². The number of aromatic nitrogens is 3. The van der Waals surface area contributed by atoms with Gasteiger partial charge in [-0.05, 0) is 49.6 Å². The topological polar surface area (TPSA) is 96.9 Å². The normalized spacial score (nSPS) is 15.4. The van der Waals surface area contributed by atoms with Gasteiger partial charge in [-0.3, -0.25) is 0 Å². The third kappa shape index (κ3) is 3.71. The van der Waals surface area contributed by atoms with Gasteiger partial charge in [0.1, 0.15) is 5.82 Å². The first-order chi connectivity index (χ1) is 14.8. The molecule has 160 valence electrons. The van der Waals surface area contributed by atoms with Gasteiger partial charge < -0.3 is 4.98 Å². The molecule has 2 heterocycles. The molecule has 0 unspecified atom stereocenters. The van der Waals surface area contributed by atoms with Gasteiger partial charge in [0.15, 0.2) is 5.13 Å². The van der Waals surface area contributed by atoms with Crippen LogP contribution in [0.25, 0.3) is 16.2 Å².